The van der Waals surface area contributed by atoms with Gasteiger partial charge in [0.25, 0.3) is 5.91 Å². The van der Waals surface area contributed by atoms with E-state index in [0.29, 0.717) is 12.1 Å². The van der Waals surface area contributed by atoms with Crippen LogP contribution in [0.4, 0.5) is 5.69 Å². The van der Waals surface area contributed by atoms with Gasteiger partial charge >= 0.3 is 0 Å². The van der Waals surface area contributed by atoms with Crippen molar-refractivity contribution in [2.24, 2.45) is 17.1 Å². The van der Waals surface area contributed by atoms with Gasteiger partial charge in [-0.2, -0.15) is 0 Å². The Balaban J connectivity index is 1.81. The number of aliphatic hydroxyl groups is 3. The number of carbonyl (C=O) groups is 3. The standard InChI is InChI=1S/C29H38N4O7/c1-31(2)17-8-9-18(34)19-15(17)12-28(14-33-10-6-5-7-11-33)13-16-22(32(3)4)24(36)20(27(30)39)25(37)29(16,40)26(38)21(28)23(19)35/h8-9,16,22,34-35,37,40H,5-7,10-14H2,1-4H3,(H2,30,39)/t16-,22-,28-,29+/m0/s1. The molecule has 6 N–H and O–H groups in total. The van der Waals surface area contributed by atoms with E-state index in [1.54, 1.807) is 20.2 Å². The number of likely N-dealkylation sites (tertiary alicyclic amines) is 1. The zero-order valence-corrected chi connectivity index (χ0v) is 23.4. The number of phenols is 1. The van der Waals surface area contributed by atoms with Crippen LogP contribution in [0.2, 0.25) is 0 Å². The predicted octanol–water partition coefficient (Wildman–Crippen LogP) is 0.886. The van der Waals surface area contributed by atoms with E-state index in [4.69, 9.17) is 5.73 Å². The van der Waals surface area contributed by atoms with Crippen molar-refractivity contribution in [2.45, 2.75) is 43.7 Å². The number of fused-ring (bicyclic) bond motifs is 3. The summed E-state index contributed by atoms with van der Waals surface area (Å²) in [6.07, 6.45) is 3.35. The molecule has 5 rings (SSSR count). The molecule has 1 aromatic rings. The minimum absolute atomic E-state index is 0.0534. The first-order chi connectivity index (χ1) is 18.8. The zero-order valence-electron chi connectivity index (χ0n) is 23.4. The lowest BCUT2D eigenvalue weighted by molar-refractivity contribution is -0.158. The summed E-state index contributed by atoms with van der Waals surface area (Å²) in [6.45, 7) is 1.95. The van der Waals surface area contributed by atoms with Crippen LogP contribution < -0.4 is 10.6 Å². The molecule has 1 heterocycles. The topological polar surface area (TPSA) is 168 Å². The Hall–Kier alpha value is -3.41. The number of nitrogens with two attached hydrogens (primary N) is 1. The number of aromatic hydroxyl groups is 1. The number of amides is 1. The number of aliphatic hydroxyl groups excluding tert-OH is 2. The van der Waals surface area contributed by atoms with Crippen LogP contribution in [0.15, 0.2) is 29.0 Å². The smallest absolute Gasteiger partial charge is 0.255 e. The van der Waals surface area contributed by atoms with Crippen LogP contribution >= 0.6 is 0 Å². The zero-order chi connectivity index (χ0) is 29.3. The van der Waals surface area contributed by atoms with Crippen LogP contribution in [0.1, 0.15) is 36.8 Å². The lowest BCUT2D eigenvalue weighted by Gasteiger charge is -2.56. The molecule has 11 nitrogen and oxygen atoms in total. The second-order valence-corrected chi connectivity index (χ2v) is 12.1. The average molecular weight is 555 g/mol. The van der Waals surface area contributed by atoms with Crippen LogP contribution in [0.5, 0.6) is 5.75 Å². The van der Waals surface area contributed by atoms with Crippen LogP contribution in [0.3, 0.4) is 0 Å². The van der Waals surface area contributed by atoms with Gasteiger partial charge in [-0.05, 0) is 70.6 Å². The van der Waals surface area contributed by atoms with Crippen LogP contribution in [0, 0.1) is 11.3 Å². The van der Waals surface area contributed by atoms with Gasteiger partial charge in [0, 0.05) is 43.2 Å². The first-order valence-corrected chi connectivity index (χ1v) is 13.7. The lowest BCUT2D eigenvalue weighted by atomic mass is 9.51. The molecule has 216 valence electrons. The third kappa shape index (κ3) is 3.86. The summed E-state index contributed by atoms with van der Waals surface area (Å²) in [5.74, 6) is -5.90. The van der Waals surface area contributed by atoms with E-state index >= 15 is 0 Å². The van der Waals surface area contributed by atoms with Crippen molar-refractivity contribution in [3.05, 3.63) is 40.2 Å². The molecular formula is C29H38N4O7. The van der Waals surface area contributed by atoms with Gasteiger partial charge in [0.05, 0.1) is 11.6 Å². The number of likely N-dealkylation sites (N-methyl/N-ethyl adjacent to an activating group) is 1. The lowest BCUT2D eigenvalue weighted by Crippen LogP contribution is -2.68. The number of ketones is 2. The van der Waals surface area contributed by atoms with E-state index in [-0.39, 0.29) is 29.7 Å². The van der Waals surface area contributed by atoms with Crippen LogP contribution in [-0.4, -0.2) is 107 Å². The van der Waals surface area contributed by atoms with E-state index in [9.17, 15) is 34.8 Å². The summed E-state index contributed by atoms with van der Waals surface area (Å²) < 4.78 is 0. The molecule has 0 aromatic heterocycles. The molecule has 0 bridgehead atoms. The fraction of sp³-hybridized carbons (Fsp3) is 0.552. The van der Waals surface area contributed by atoms with E-state index in [1.807, 2.05) is 19.0 Å². The van der Waals surface area contributed by atoms with E-state index < -0.39 is 57.5 Å². The summed E-state index contributed by atoms with van der Waals surface area (Å²) in [5, 5.41) is 45.9. The highest BCUT2D eigenvalue weighted by molar-refractivity contribution is 6.24. The second-order valence-electron chi connectivity index (χ2n) is 12.1. The van der Waals surface area contributed by atoms with E-state index in [0.717, 1.165) is 38.0 Å². The van der Waals surface area contributed by atoms with Gasteiger partial charge in [-0.25, -0.2) is 0 Å². The van der Waals surface area contributed by atoms with Crippen molar-refractivity contribution in [3.63, 3.8) is 0 Å². The molecule has 0 unspecified atom stereocenters. The highest BCUT2D eigenvalue weighted by Crippen LogP contribution is 2.59. The van der Waals surface area contributed by atoms with Gasteiger partial charge in [-0.15, -0.1) is 0 Å². The minimum Gasteiger partial charge on any atom is -0.508 e. The van der Waals surface area contributed by atoms with Crippen molar-refractivity contribution >= 4 is 28.9 Å². The number of hydrogen-bond donors (Lipinski definition) is 5. The van der Waals surface area contributed by atoms with E-state index in [2.05, 4.69) is 4.90 Å². The van der Waals surface area contributed by atoms with Gasteiger partial charge in [0.15, 0.2) is 11.4 Å². The van der Waals surface area contributed by atoms with Gasteiger partial charge in [0.2, 0.25) is 5.78 Å². The first-order valence-electron chi connectivity index (χ1n) is 13.7. The molecule has 1 aliphatic heterocycles. The molecule has 4 aliphatic rings. The number of benzene rings is 1. The maximum atomic E-state index is 14.5. The third-order valence-electron chi connectivity index (χ3n) is 9.26. The average Bonchev–Trinajstić information content (AvgIpc) is 2.86. The highest BCUT2D eigenvalue weighted by atomic mass is 16.3. The molecule has 1 saturated heterocycles. The Morgan fingerprint density at radius 2 is 1.73 bits per heavy atom. The number of rotatable bonds is 5. The SMILES string of the molecule is CN(C)c1ccc(O)c2c1C[C@@]1(CN3CCCCC3)C[C@H]3[C@H](N(C)C)C(=O)C(C(N)=O)=C(O)[C@@]3(O)C(=O)C1=C2O. The second kappa shape index (κ2) is 9.60. The highest BCUT2D eigenvalue weighted by Gasteiger charge is 2.67. The molecule has 4 atom stereocenters. The van der Waals surface area contributed by atoms with Crippen molar-refractivity contribution in [2.75, 3.05) is 52.7 Å². The number of phenolic OH excluding ortho intramolecular Hbond substituents is 1. The quantitative estimate of drug-likeness (QED) is 0.330. The molecular weight excluding hydrogens is 516 g/mol. The fourth-order valence-electron chi connectivity index (χ4n) is 7.58. The van der Waals surface area contributed by atoms with Crippen molar-refractivity contribution in [1.29, 1.82) is 0 Å². The molecule has 1 saturated carbocycles. The molecule has 0 radical (unpaired) electrons. The van der Waals surface area contributed by atoms with Gasteiger partial charge in [0.1, 0.15) is 22.8 Å². The van der Waals surface area contributed by atoms with Crippen molar-refractivity contribution in [1.82, 2.24) is 9.80 Å². The number of anilines is 1. The number of piperidine rings is 1. The maximum Gasteiger partial charge on any atom is 0.255 e. The third-order valence-corrected chi connectivity index (χ3v) is 9.26. The number of carbonyl (C=O) groups excluding carboxylic acids is 3. The Labute approximate surface area is 233 Å². The molecule has 2 fully saturated rings. The Morgan fingerprint density at radius 3 is 2.30 bits per heavy atom. The molecule has 1 aromatic carbocycles. The van der Waals surface area contributed by atoms with Gasteiger partial charge in [-0.1, -0.05) is 6.42 Å². The molecule has 11 heteroatoms. The first kappa shape index (κ1) is 28.1. The molecule has 40 heavy (non-hydrogen) atoms. The number of Topliss-reactive ketones (excluding diaryl/α,β-unsaturated/α-hetero) is 2. The predicted molar refractivity (Wildman–Crippen MR) is 148 cm³/mol. The normalized spacial score (nSPS) is 30.8. The summed E-state index contributed by atoms with van der Waals surface area (Å²) in [4.78, 5) is 46.0. The number of nitrogens with zero attached hydrogens (tertiary/aromatic N) is 3. The molecule has 1 amide bonds. The Bertz CT molecular complexity index is 1360. The Morgan fingerprint density at radius 1 is 1.07 bits per heavy atom. The summed E-state index contributed by atoms with van der Waals surface area (Å²) in [7, 11) is 6.90. The van der Waals surface area contributed by atoms with E-state index in [1.165, 1.54) is 11.0 Å². The maximum absolute atomic E-state index is 14.5. The van der Waals surface area contributed by atoms with Crippen LogP contribution in [0.25, 0.3) is 5.76 Å². The largest absolute Gasteiger partial charge is 0.508 e. The fourth-order valence-corrected chi connectivity index (χ4v) is 7.58. The summed E-state index contributed by atoms with van der Waals surface area (Å²) in [6, 6.07) is 2.06. The summed E-state index contributed by atoms with van der Waals surface area (Å²) >= 11 is 0. The molecule has 3 aliphatic carbocycles. The van der Waals surface area contributed by atoms with Gasteiger partial charge in [-0.3, -0.25) is 19.3 Å². The number of hydrogen-bond acceptors (Lipinski definition) is 10. The van der Waals surface area contributed by atoms with Gasteiger partial charge < -0.3 is 36.0 Å². The number of primary amides is 1. The van der Waals surface area contributed by atoms with Crippen molar-refractivity contribution in [3.8, 4) is 5.75 Å². The Kier molecular flexibility index (Phi) is 6.75. The van der Waals surface area contributed by atoms with Crippen molar-refractivity contribution < 1.29 is 34.8 Å². The minimum atomic E-state index is -2.67. The summed E-state index contributed by atoms with van der Waals surface area (Å²) in [5.41, 5.74) is 2.30. The monoisotopic (exact) mass is 554 g/mol. The molecule has 0 spiro atoms. The van der Waals surface area contributed by atoms with Crippen LogP contribution in [-0.2, 0) is 20.8 Å².